The first-order valence-electron chi connectivity index (χ1n) is 9.84. The molecule has 1 aliphatic rings. The van der Waals surface area contributed by atoms with Gasteiger partial charge in [-0.25, -0.2) is 4.98 Å². The fourth-order valence-electron chi connectivity index (χ4n) is 4.24. The van der Waals surface area contributed by atoms with E-state index in [0.717, 1.165) is 58.8 Å². The molecule has 144 valence electrons. The van der Waals surface area contributed by atoms with E-state index in [-0.39, 0.29) is 0 Å². The van der Waals surface area contributed by atoms with E-state index in [0.29, 0.717) is 11.5 Å². The van der Waals surface area contributed by atoms with Gasteiger partial charge in [0.25, 0.3) is 0 Å². The maximum atomic E-state index is 11.9. The molecule has 2 N–H and O–H groups in total. The molecule has 0 unspecified atom stereocenters. The Morgan fingerprint density at radius 3 is 2.83 bits per heavy atom. The minimum atomic E-state index is -0.455. The zero-order valence-electron chi connectivity index (χ0n) is 16.2. The SMILES string of the molecule is C[C@H]1CCCn2c1nc(-c1ccccn1)c2-c1ccc2nccc(C(N)=O)c2c1. The molecule has 29 heavy (non-hydrogen) atoms. The first-order chi connectivity index (χ1) is 14.1. The largest absolute Gasteiger partial charge is 0.366 e. The van der Waals surface area contributed by atoms with Gasteiger partial charge in [-0.1, -0.05) is 19.1 Å². The molecule has 0 spiro atoms. The van der Waals surface area contributed by atoms with Crippen molar-refractivity contribution in [1.29, 1.82) is 0 Å². The van der Waals surface area contributed by atoms with Gasteiger partial charge in [0, 0.05) is 35.8 Å². The second kappa shape index (κ2) is 6.81. The quantitative estimate of drug-likeness (QED) is 0.575. The Morgan fingerprint density at radius 1 is 1.14 bits per heavy atom. The molecule has 4 aromatic rings. The molecule has 0 radical (unpaired) electrons. The van der Waals surface area contributed by atoms with Crippen LogP contribution in [0.25, 0.3) is 33.5 Å². The van der Waals surface area contributed by atoms with Crippen LogP contribution in [0.3, 0.4) is 0 Å². The summed E-state index contributed by atoms with van der Waals surface area (Å²) < 4.78 is 2.31. The lowest BCUT2D eigenvalue weighted by molar-refractivity contribution is 0.100. The lowest BCUT2D eigenvalue weighted by atomic mass is 9.99. The summed E-state index contributed by atoms with van der Waals surface area (Å²) in [6.45, 7) is 3.14. The third-order valence-electron chi connectivity index (χ3n) is 5.64. The fraction of sp³-hybridized carbons (Fsp3) is 0.217. The second-order valence-electron chi connectivity index (χ2n) is 7.53. The molecule has 6 heteroatoms. The summed E-state index contributed by atoms with van der Waals surface area (Å²) in [6.07, 6.45) is 5.65. The third-order valence-corrected chi connectivity index (χ3v) is 5.64. The Labute approximate surface area is 168 Å². The van der Waals surface area contributed by atoms with Crippen LogP contribution in [0.1, 0.15) is 41.9 Å². The minimum absolute atomic E-state index is 0.392. The number of hydrogen-bond donors (Lipinski definition) is 1. The Kier molecular flexibility index (Phi) is 4.12. The predicted octanol–water partition coefficient (Wildman–Crippen LogP) is 4.16. The molecular formula is C23H21N5O. The van der Waals surface area contributed by atoms with Gasteiger partial charge in [-0.05, 0) is 43.2 Å². The summed E-state index contributed by atoms with van der Waals surface area (Å²) in [6, 6.07) is 13.5. The van der Waals surface area contributed by atoms with Crippen molar-refractivity contribution in [1.82, 2.24) is 19.5 Å². The van der Waals surface area contributed by atoms with Gasteiger partial charge in [0.1, 0.15) is 11.5 Å². The summed E-state index contributed by atoms with van der Waals surface area (Å²) in [4.78, 5) is 25.9. The molecule has 0 saturated carbocycles. The van der Waals surface area contributed by atoms with Crippen molar-refractivity contribution in [3.63, 3.8) is 0 Å². The van der Waals surface area contributed by atoms with Crippen molar-refractivity contribution in [3.8, 4) is 22.6 Å². The van der Waals surface area contributed by atoms with Gasteiger partial charge in [-0.2, -0.15) is 0 Å². The number of benzene rings is 1. The molecule has 5 rings (SSSR count). The summed E-state index contributed by atoms with van der Waals surface area (Å²) in [5.74, 6) is 1.03. The van der Waals surface area contributed by atoms with Crippen LogP contribution in [0.2, 0.25) is 0 Å². The van der Waals surface area contributed by atoms with Gasteiger partial charge >= 0.3 is 0 Å². The Hall–Kier alpha value is -3.54. The van der Waals surface area contributed by atoms with E-state index in [2.05, 4.69) is 21.5 Å². The van der Waals surface area contributed by atoms with Crippen molar-refractivity contribution >= 4 is 16.8 Å². The van der Waals surface area contributed by atoms with Crippen molar-refractivity contribution in [2.24, 2.45) is 5.73 Å². The van der Waals surface area contributed by atoms with Crippen LogP contribution in [0.15, 0.2) is 54.9 Å². The topological polar surface area (TPSA) is 86.7 Å². The number of pyridine rings is 2. The average molecular weight is 383 g/mol. The maximum absolute atomic E-state index is 11.9. The minimum Gasteiger partial charge on any atom is -0.366 e. The van der Waals surface area contributed by atoms with Crippen molar-refractivity contribution in [3.05, 3.63) is 66.2 Å². The van der Waals surface area contributed by atoms with Crippen molar-refractivity contribution in [2.75, 3.05) is 0 Å². The van der Waals surface area contributed by atoms with E-state index in [1.54, 1.807) is 18.5 Å². The Morgan fingerprint density at radius 2 is 2.03 bits per heavy atom. The number of rotatable bonds is 3. The van der Waals surface area contributed by atoms with Crippen LogP contribution in [-0.4, -0.2) is 25.4 Å². The smallest absolute Gasteiger partial charge is 0.249 e. The van der Waals surface area contributed by atoms with Gasteiger partial charge < -0.3 is 10.3 Å². The van der Waals surface area contributed by atoms with E-state index in [9.17, 15) is 4.79 Å². The molecule has 6 nitrogen and oxygen atoms in total. The highest BCUT2D eigenvalue weighted by atomic mass is 16.1. The highest BCUT2D eigenvalue weighted by Crippen LogP contribution is 2.38. The lowest BCUT2D eigenvalue weighted by Crippen LogP contribution is -2.15. The Bertz CT molecular complexity index is 1230. The zero-order chi connectivity index (χ0) is 20.0. The van der Waals surface area contributed by atoms with Gasteiger partial charge in [0.15, 0.2) is 0 Å². The van der Waals surface area contributed by atoms with Crippen LogP contribution < -0.4 is 5.73 Å². The van der Waals surface area contributed by atoms with E-state index in [4.69, 9.17) is 10.7 Å². The van der Waals surface area contributed by atoms with Crippen LogP contribution >= 0.6 is 0 Å². The molecule has 0 saturated heterocycles. The van der Waals surface area contributed by atoms with Gasteiger partial charge in [-0.3, -0.25) is 14.8 Å². The number of carbonyl (C=O) groups excluding carboxylic acids is 1. The van der Waals surface area contributed by atoms with Crippen molar-refractivity contribution < 1.29 is 4.79 Å². The molecule has 0 fully saturated rings. The molecule has 3 aromatic heterocycles. The number of nitrogens with zero attached hydrogens (tertiary/aromatic N) is 4. The number of amides is 1. The first kappa shape index (κ1) is 17.6. The van der Waals surface area contributed by atoms with Gasteiger partial charge in [0.2, 0.25) is 5.91 Å². The number of aromatic nitrogens is 4. The number of primary amides is 1. The number of nitrogens with two attached hydrogens (primary N) is 1. The molecule has 1 amide bonds. The van der Waals surface area contributed by atoms with E-state index < -0.39 is 5.91 Å². The van der Waals surface area contributed by atoms with Crippen molar-refractivity contribution in [2.45, 2.75) is 32.2 Å². The summed E-state index contributed by atoms with van der Waals surface area (Å²) in [5.41, 5.74) is 10.6. The van der Waals surface area contributed by atoms with Gasteiger partial charge in [0.05, 0.1) is 22.5 Å². The Balaban J connectivity index is 1.80. The number of carbonyl (C=O) groups is 1. The standard InChI is InChI=1S/C23H21N5O/c1-14-5-4-12-28-21(20(27-23(14)28)19-6-2-3-10-25-19)15-7-8-18-17(13-15)16(22(24)29)9-11-26-18/h2-3,6-11,13-14H,4-5,12H2,1H3,(H2,24,29)/t14-/m0/s1. The molecule has 0 bridgehead atoms. The summed E-state index contributed by atoms with van der Waals surface area (Å²) >= 11 is 0. The number of imidazole rings is 1. The first-order valence-corrected chi connectivity index (χ1v) is 9.84. The van der Waals surface area contributed by atoms with E-state index in [1.165, 1.54) is 0 Å². The van der Waals surface area contributed by atoms with Crippen LogP contribution in [-0.2, 0) is 6.54 Å². The molecule has 1 aliphatic heterocycles. The molecule has 1 atom stereocenters. The van der Waals surface area contributed by atoms with Gasteiger partial charge in [-0.15, -0.1) is 0 Å². The molecule has 4 heterocycles. The fourth-order valence-corrected chi connectivity index (χ4v) is 4.24. The van der Waals surface area contributed by atoms with Crippen LogP contribution in [0, 0.1) is 0 Å². The lowest BCUT2D eigenvalue weighted by Gasteiger charge is -2.22. The van der Waals surface area contributed by atoms with E-state index >= 15 is 0 Å². The highest BCUT2D eigenvalue weighted by molar-refractivity contribution is 6.06. The monoisotopic (exact) mass is 383 g/mol. The average Bonchev–Trinajstić information content (AvgIpc) is 3.14. The second-order valence-corrected chi connectivity index (χ2v) is 7.53. The number of hydrogen-bond acceptors (Lipinski definition) is 4. The third kappa shape index (κ3) is 2.88. The molecule has 0 aliphatic carbocycles. The maximum Gasteiger partial charge on any atom is 0.249 e. The van der Waals surface area contributed by atoms with Crippen LogP contribution in [0.5, 0.6) is 0 Å². The highest BCUT2D eigenvalue weighted by Gasteiger charge is 2.26. The summed E-state index contributed by atoms with van der Waals surface area (Å²) in [5, 5.41) is 0.754. The predicted molar refractivity (Wildman–Crippen MR) is 112 cm³/mol. The summed E-state index contributed by atoms with van der Waals surface area (Å²) in [7, 11) is 0. The molecular weight excluding hydrogens is 362 g/mol. The zero-order valence-corrected chi connectivity index (χ0v) is 16.2. The van der Waals surface area contributed by atoms with Crippen LogP contribution in [0.4, 0.5) is 0 Å². The normalized spacial score (nSPS) is 16.0. The number of fused-ring (bicyclic) bond motifs is 2. The van der Waals surface area contributed by atoms with E-state index in [1.807, 2.05) is 36.4 Å². The molecule has 1 aromatic carbocycles.